The first kappa shape index (κ1) is 13.0. The average molecular weight is 401 g/mol. The number of nitrogens with zero attached hydrogens (tertiary/aromatic N) is 1. The van der Waals surface area contributed by atoms with Crippen molar-refractivity contribution in [3.05, 3.63) is 44.3 Å². The molecule has 3 N–H and O–H groups in total. The van der Waals surface area contributed by atoms with Crippen LogP contribution in [-0.4, -0.2) is 9.97 Å². The van der Waals surface area contributed by atoms with Crippen LogP contribution in [0.4, 0.5) is 5.69 Å². The molecule has 0 fully saturated rings. The SMILES string of the molecule is Nc1cc(Br)cc2[nH]c(-c3ccc(Cl)cc3Br)nc12. The zero-order chi connectivity index (χ0) is 13.6. The second kappa shape index (κ2) is 4.81. The van der Waals surface area contributed by atoms with Crippen LogP contribution in [-0.2, 0) is 0 Å². The van der Waals surface area contributed by atoms with E-state index in [0.717, 1.165) is 31.4 Å². The Morgan fingerprint density at radius 3 is 2.68 bits per heavy atom. The van der Waals surface area contributed by atoms with Crippen molar-refractivity contribution in [2.24, 2.45) is 0 Å². The van der Waals surface area contributed by atoms with Crippen LogP contribution in [0.1, 0.15) is 0 Å². The molecule has 1 heterocycles. The predicted octanol–water partition coefficient (Wildman–Crippen LogP) is 4.99. The Labute approximate surface area is 131 Å². The van der Waals surface area contributed by atoms with E-state index in [0.29, 0.717) is 10.7 Å². The first-order valence-corrected chi connectivity index (χ1v) is 7.41. The summed E-state index contributed by atoms with van der Waals surface area (Å²) in [5.41, 5.74) is 9.20. The highest BCUT2D eigenvalue weighted by atomic mass is 79.9. The van der Waals surface area contributed by atoms with Crippen LogP contribution in [0, 0.1) is 0 Å². The largest absolute Gasteiger partial charge is 0.397 e. The van der Waals surface area contributed by atoms with Gasteiger partial charge in [0, 0.05) is 19.5 Å². The van der Waals surface area contributed by atoms with Gasteiger partial charge in [-0.2, -0.15) is 0 Å². The predicted molar refractivity (Wildman–Crippen MR) is 86.4 cm³/mol. The molecule has 3 aromatic rings. The molecule has 0 spiro atoms. The van der Waals surface area contributed by atoms with Crippen molar-refractivity contribution >= 4 is 60.2 Å². The normalized spacial score (nSPS) is 11.1. The lowest BCUT2D eigenvalue weighted by atomic mass is 10.2. The molecule has 0 bridgehead atoms. The Hall–Kier alpha value is -1.04. The van der Waals surface area contributed by atoms with Gasteiger partial charge in [-0.3, -0.25) is 0 Å². The van der Waals surface area contributed by atoms with E-state index >= 15 is 0 Å². The molecule has 0 aliphatic carbocycles. The summed E-state index contributed by atoms with van der Waals surface area (Å²) in [7, 11) is 0. The molecular weight excluding hydrogens is 393 g/mol. The highest BCUT2D eigenvalue weighted by Gasteiger charge is 2.11. The highest BCUT2D eigenvalue weighted by Crippen LogP contribution is 2.32. The molecule has 0 radical (unpaired) electrons. The molecule has 0 amide bonds. The maximum atomic E-state index is 5.97. The second-order valence-corrected chi connectivity index (χ2v) is 6.31. The van der Waals surface area contributed by atoms with Gasteiger partial charge in [0.05, 0.1) is 11.2 Å². The van der Waals surface area contributed by atoms with Crippen LogP contribution < -0.4 is 5.73 Å². The third-order valence-electron chi connectivity index (χ3n) is 2.77. The number of imidazole rings is 1. The number of nitrogen functional groups attached to an aromatic ring is 1. The summed E-state index contributed by atoms with van der Waals surface area (Å²) in [5.74, 6) is 0.753. The van der Waals surface area contributed by atoms with Crippen molar-refractivity contribution in [1.82, 2.24) is 9.97 Å². The Morgan fingerprint density at radius 2 is 1.95 bits per heavy atom. The molecule has 1 aromatic heterocycles. The first-order chi connectivity index (χ1) is 9.04. The number of anilines is 1. The number of fused-ring (bicyclic) bond motifs is 1. The Bertz CT molecular complexity index is 783. The van der Waals surface area contributed by atoms with Gasteiger partial charge in [-0.15, -0.1) is 0 Å². The second-order valence-electron chi connectivity index (χ2n) is 4.10. The fourth-order valence-corrected chi connectivity index (χ4v) is 3.26. The van der Waals surface area contributed by atoms with Crippen LogP contribution in [0.25, 0.3) is 22.4 Å². The zero-order valence-corrected chi connectivity index (χ0v) is 13.5. The quantitative estimate of drug-likeness (QED) is 0.565. The number of hydrogen-bond donors (Lipinski definition) is 2. The average Bonchev–Trinajstić information content (AvgIpc) is 2.72. The summed E-state index contributed by atoms with van der Waals surface area (Å²) in [6.07, 6.45) is 0. The highest BCUT2D eigenvalue weighted by molar-refractivity contribution is 9.10. The number of rotatable bonds is 1. The van der Waals surface area contributed by atoms with Gasteiger partial charge in [-0.05, 0) is 46.3 Å². The minimum Gasteiger partial charge on any atom is -0.397 e. The molecule has 0 aliphatic rings. The van der Waals surface area contributed by atoms with Gasteiger partial charge in [-0.1, -0.05) is 27.5 Å². The van der Waals surface area contributed by atoms with Gasteiger partial charge in [0.25, 0.3) is 0 Å². The van der Waals surface area contributed by atoms with Gasteiger partial charge < -0.3 is 10.7 Å². The van der Waals surface area contributed by atoms with Crippen molar-refractivity contribution in [2.45, 2.75) is 0 Å². The molecule has 0 saturated heterocycles. The molecule has 96 valence electrons. The van der Waals surface area contributed by atoms with Gasteiger partial charge in [0.15, 0.2) is 0 Å². The lowest BCUT2D eigenvalue weighted by molar-refractivity contribution is 1.33. The van der Waals surface area contributed by atoms with E-state index in [4.69, 9.17) is 17.3 Å². The molecule has 0 unspecified atom stereocenters. The van der Waals surface area contributed by atoms with E-state index in [9.17, 15) is 0 Å². The number of H-pyrrole nitrogens is 1. The van der Waals surface area contributed by atoms with Gasteiger partial charge in [-0.25, -0.2) is 4.98 Å². The molecule has 3 rings (SSSR count). The maximum absolute atomic E-state index is 5.97. The van der Waals surface area contributed by atoms with Crippen LogP contribution in [0.5, 0.6) is 0 Å². The number of hydrogen-bond acceptors (Lipinski definition) is 2. The van der Waals surface area contributed by atoms with Crippen molar-refractivity contribution in [3.8, 4) is 11.4 Å². The molecule has 0 atom stereocenters. The summed E-state index contributed by atoms with van der Waals surface area (Å²) in [6, 6.07) is 9.36. The van der Waals surface area contributed by atoms with E-state index in [-0.39, 0.29) is 0 Å². The number of nitrogens with two attached hydrogens (primary N) is 1. The van der Waals surface area contributed by atoms with Crippen LogP contribution in [0.3, 0.4) is 0 Å². The summed E-state index contributed by atoms with van der Waals surface area (Å²) in [6.45, 7) is 0. The summed E-state index contributed by atoms with van der Waals surface area (Å²) < 4.78 is 1.81. The zero-order valence-electron chi connectivity index (χ0n) is 9.55. The topological polar surface area (TPSA) is 54.7 Å². The van der Waals surface area contributed by atoms with Crippen molar-refractivity contribution in [1.29, 1.82) is 0 Å². The molecular formula is C13H8Br2ClN3. The van der Waals surface area contributed by atoms with Crippen LogP contribution >= 0.6 is 43.5 Å². The fourth-order valence-electron chi connectivity index (χ4n) is 1.92. The van der Waals surface area contributed by atoms with E-state index in [1.807, 2.05) is 30.3 Å². The summed E-state index contributed by atoms with van der Waals surface area (Å²) >= 11 is 12.8. The number of aromatic nitrogens is 2. The third-order valence-corrected chi connectivity index (χ3v) is 4.12. The molecule has 19 heavy (non-hydrogen) atoms. The van der Waals surface area contributed by atoms with E-state index in [2.05, 4.69) is 41.8 Å². The fraction of sp³-hybridized carbons (Fsp3) is 0. The lowest BCUT2D eigenvalue weighted by Gasteiger charge is -2.00. The van der Waals surface area contributed by atoms with Crippen molar-refractivity contribution < 1.29 is 0 Å². The van der Waals surface area contributed by atoms with E-state index in [1.165, 1.54) is 0 Å². The Kier molecular flexibility index (Phi) is 3.28. The number of aromatic amines is 1. The number of benzene rings is 2. The molecule has 0 saturated carbocycles. The van der Waals surface area contributed by atoms with Gasteiger partial charge in [0.1, 0.15) is 11.3 Å². The summed E-state index contributed by atoms with van der Waals surface area (Å²) in [4.78, 5) is 7.80. The Morgan fingerprint density at radius 1 is 1.16 bits per heavy atom. The molecule has 3 nitrogen and oxygen atoms in total. The van der Waals surface area contributed by atoms with Crippen LogP contribution in [0.2, 0.25) is 5.02 Å². The maximum Gasteiger partial charge on any atom is 0.139 e. The standard InChI is InChI=1S/C13H8Br2ClN3/c14-6-3-10(17)12-11(4-6)18-13(19-12)8-2-1-7(16)5-9(8)15/h1-5H,17H2,(H,18,19). The van der Waals surface area contributed by atoms with Gasteiger partial charge in [0.2, 0.25) is 0 Å². The van der Waals surface area contributed by atoms with Crippen molar-refractivity contribution in [2.75, 3.05) is 5.73 Å². The van der Waals surface area contributed by atoms with Crippen molar-refractivity contribution in [3.63, 3.8) is 0 Å². The Balaban J connectivity index is 2.23. The first-order valence-electron chi connectivity index (χ1n) is 5.45. The third kappa shape index (κ3) is 2.38. The smallest absolute Gasteiger partial charge is 0.139 e. The molecule has 2 aromatic carbocycles. The monoisotopic (exact) mass is 399 g/mol. The minimum absolute atomic E-state index is 0.636. The lowest BCUT2D eigenvalue weighted by Crippen LogP contribution is -1.86. The van der Waals surface area contributed by atoms with Crippen LogP contribution in [0.15, 0.2) is 39.3 Å². The number of nitrogens with one attached hydrogen (secondary N) is 1. The summed E-state index contributed by atoms with van der Waals surface area (Å²) in [5, 5.41) is 0.675. The van der Waals surface area contributed by atoms with E-state index in [1.54, 1.807) is 0 Å². The minimum atomic E-state index is 0.636. The number of halogens is 3. The molecule has 0 aliphatic heterocycles. The van der Waals surface area contributed by atoms with Gasteiger partial charge >= 0.3 is 0 Å². The van der Waals surface area contributed by atoms with E-state index < -0.39 is 0 Å². The molecule has 6 heteroatoms.